The van der Waals surface area contributed by atoms with Crippen molar-refractivity contribution in [2.75, 3.05) is 11.1 Å². The van der Waals surface area contributed by atoms with Gasteiger partial charge >= 0.3 is 0 Å². The van der Waals surface area contributed by atoms with Crippen LogP contribution in [0.4, 0.5) is 17.1 Å². The number of aryl methyl sites for hydroxylation is 4. The van der Waals surface area contributed by atoms with Crippen LogP contribution in [0.25, 0.3) is 0 Å². The van der Waals surface area contributed by atoms with E-state index in [9.17, 15) is 0 Å². The summed E-state index contributed by atoms with van der Waals surface area (Å²) >= 11 is 0. The molecule has 0 unspecified atom stereocenters. The summed E-state index contributed by atoms with van der Waals surface area (Å²) in [6.07, 6.45) is 0. The third-order valence-electron chi connectivity index (χ3n) is 3.14. The highest BCUT2D eigenvalue weighted by atomic mass is 14.9. The quantitative estimate of drug-likeness (QED) is 0.770. The summed E-state index contributed by atoms with van der Waals surface area (Å²) in [6, 6.07) is 10.4. The molecule has 0 spiro atoms. The topological polar surface area (TPSA) is 38.0 Å². The van der Waals surface area contributed by atoms with Crippen molar-refractivity contribution >= 4 is 17.1 Å². The molecule has 3 N–H and O–H groups in total. The predicted octanol–water partition coefficient (Wildman–Crippen LogP) is 4.25. The number of nitrogens with two attached hydrogens (primary N) is 1. The van der Waals surface area contributed by atoms with Crippen molar-refractivity contribution in [2.24, 2.45) is 0 Å². The molecule has 2 aromatic rings. The molecule has 0 saturated carbocycles. The summed E-state index contributed by atoms with van der Waals surface area (Å²) in [7, 11) is 0. The molecule has 0 radical (unpaired) electrons. The van der Waals surface area contributed by atoms with E-state index in [2.05, 4.69) is 44.3 Å². The second kappa shape index (κ2) is 4.73. The molecule has 18 heavy (non-hydrogen) atoms. The molecular weight excluding hydrogens is 220 g/mol. The van der Waals surface area contributed by atoms with E-state index in [0.29, 0.717) is 0 Å². The molecule has 0 atom stereocenters. The number of nitrogens with one attached hydrogen (secondary N) is 1. The molecule has 94 valence electrons. The number of anilines is 3. The molecule has 0 aliphatic carbocycles. The monoisotopic (exact) mass is 240 g/mol. The van der Waals surface area contributed by atoms with Gasteiger partial charge in [0.25, 0.3) is 0 Å². The number of hydrogen-bond donors (Lipinski definition) is 2. The normalized spacial score (nSPS) is 10.4. The van der Waals surface area contributed by atoms with E-state index in [4.69, 9.17) is 5.73 Å². The van der Waals surface area contributed by atoms with E-state index in [1.54, 1.807) is 0 Å². The maximum atomic E-state index is 6.04. The molecule has 0 saturated heterocycles. The van der Waals surface area contributed by atoms with Crippen LogP contribution in [0.15, 0.2) is 30.3 Å². The summed E-state index contributed by atoms with van der Waals surface area (Å²) < 4.78 is 0. The summed E-state index contributed by atoms with van der Waals surface area (Å²) in [6.45, 7) is 8.39. The second-order valence-electron chi connectivity index (χ2n) is 4.99. The number of hydrogen-bond acceptors (Lipinski definition) is 2. The Morgan fingerprint density at radius 2 is 1.44 bits per heavy atom. The van der Waals surface area contributed by atoms with Gasteiger partial charge in [-0.05, 0) is 56.5 Å². The zero-order valence-electron chi connectivity index (χ0n) is 11.5. The van der Waals surface area contributed by atoms with Gasteiger partial charge in [0.2, 0.25) is 0 Å². The fraction of sp³-hybridized carbons (Fsp3) is 0.250. The first-order chi connectivity index (χ1) is 8.47. The van der Waals surface area contributed by atoms with Gasteiger partial charge in [0.1, 0.15) is 0 Å². The van der Waals surface area contributed by atoms with Crippen molar-refractivity contribution in [3.8, 4) is 0 Å². The summed E-state index contributed by atoms with van der Waals surface area (Å²) in [5.41, 5.74) is 13.9. The van der Waals surface area contributed by atoms with Crippen LogP contribution >= 0.6 is 0 Å². The first kappa shape index (κ1) is 12.5. The smallest absolute Gasteiger partial charge is 0.0618 e. The maximum Gasteiger partial charge on any atom is 0.0618 e. The van der Waals surface area contributed by atoms with Gasteiger partial charge in [0.15, 0.2) is 0 Å². The minimum atomic E-state index is 0.786. The van der Waals surface area contributed by atoms with Gasteiger partial charge in [-0.25, -0.2) is 0 Å². The Morgan fingerprint density at radius 3 is 2.00 bits per heavy atom. The molecule has 0 fully saturated rings. The average Bonchev–Trinajstić information content (AvgIpc) is 2.25. The SMILES string of the molecule is Cc1cc(C)c(Nc2ccc(C)cc2N)c(C)c1. The average molecular weight is 240 g/mol. The van der Waals surface area contributed by atoms with E-state index in [1.807, 2.05) is 19.1 Å². The Labute approximate surface area is 109 Å². The molecular formula is C16H20N2. The third kappa shape index (κ3) is 2.48. The lowest BCUT2D eigenvalue weighted by Gasteiger charge is -2.15. The van der Waals surface area contributed by atoms with E-state index >= 15 is 0 Å². The first-order valence-electron chi connectivity index (χ1n) is 6.18. The van der Waals surface area contributed by atoms with Crippen LogP contribution in [-0.2, 0) is 0 Å². The van der Waals surface area contributed by atoms with Crippen LogP contribution in [0.1, 0.15) is 22.3 Å². The molecule has 0 aliphatic heterocycles. The fourth-order valence-corrected chi connectivity index (χ4v) is 2.31. The van der Waals surface area contributed by atoms with Crippen molar-refractivity contribution in [2.45, 2.75) is 27.7 Å². The van der Waals surface area contributed by atoms with Gasteiger partial charge in [-0.1, -0.05) is 23.8 Å². The molecule has 0 bridgehead atoms. The predicted molar refractivity (Wildman–Crippen MR) is 79.5 cm³/mol. The zero-order chi connectivity index (χ0) is 13.3. The van der Waals surface area contributed by atoms with E-state index in [-0.39, 0.29) is 0 Å². The van der Waals surface area contributed by atoms with Gasteiger partial charge in [0, 0.05) is 5.69 Å². The van der Waals surface area contributed by atoms with Crippen LogP contribution in [0, 0.1) is 27.7 Å². The highest BCUT2D eigenvalue weighted by Crippen LogP contribution is 2.29. The lowest BCUT2D eigenvalue weighted by Crippen LogP contribution is -2.00. The third-order valence-corrected chi connectivity index (χ3v) is 3.14. The largest absolute Gasteiger partial charge is 0.397 e. The van der Waals surface area contributed by atoms with E-state index < -0.39 is 0 Å². The minimum Gasteiger partial charge on any atom is -0.397 e. The molecule has 0 aliphatic rings. The van der Waals surface area contributed by atoms with Crippen molar-refractivity contribution in [3.05, 3.63) is 52.6 Å². The van der Waals surface area contributed by atoms with Crippen LogP contribution in [0.2, 0.25) is 0 Å². The van der Waals surface area contributed by atoms with Gasteiger partial charge < -0.3 is 11.1 Å². The molecule has 0 aromatic heterocycles. The standard InChI is InChI=1S/C16H20N2/c1-10-5-6-15(14(17)9-10)18-16-12(3)7-11(2)8-13(16)4/h5-9,18H,17H2,1-4H3. The van der Waals surface area contributed by atoms with Crippen LogP contribution < -0.4 is 11.1 Å². The van der Waals surface area contributed by atoms with Crippen molar-refractivity contribution < 1.29 is 0 Å². The van der Waals surface area contributed by atoms with E-state index in [1.165, 1.54) is 22.3 Å². The first-order valence-corrected chi connectivity index (χ1v) is 6.18. The van der Waals surface area contributed by atoms with E-state index in [0.717, 1.165) is 17.1 Å². The molecule has 2 nitrogen and oxygen atoms in total. The highest BCUT2D eigenvalue weighted by molar-refractivity contribution is 5.76. The minimum absolute atomic E-state index is 0.786. The molecule has 2 heteroatoms. The van der Waals surface area contributed by atoms with Crippen molar-refractivity contribution in [1.29, 1.82) is 0 Å². The molecule has 0 amide bonds. The van der Waals surface area contributed by atoms with Gasteiger partial charge in [0.05, 0.1) is 11.4 Å². The lowest BCUT2D eigenvalue weighted by molar-refractivity contribution is 1.31. The highest BCUT2D eigenvalue weighted by Gasteiger charge is 2.06. The molecule has 2 rings (SSSR count). The Kier molecular flexibility index (Phi) is 3.28. The Balaban J connectivity index is 2.40. The van der Waals surface area contributed by atoms with Crippen molar-refractivity contribution in [3.63, 3.8) is 0 Å². The maximum absolute atomic E-state index is 6.04. The van der Waals surface area contributed by atoms with Crippen molar-refractivity contribution in [1.82, 2.24) is 0 Å². The van der Waals surface area contributed by atoms with Crippen LogP contribution in [0.3, 0.4) is 0 Å². The summed E-state index contributed by atoms with van der Waals surface area (Å²) in [5, 5.41) is 3.44. The second-order valence-corrected chi connectivity index (χ2v) is 4.99. The number of rotatable bonds is 2. The van der Waals surface area contributed by atoms with Gasteiger partial charge in [-0.2, -0.15) is 0 Å². The molecule has 2 aromatic carbocycles. The number of benzene rings is 2. The van der Waals surface area contributed by atoms with Crippen LogP contribution in [-0.4, -0.2) is 0 Å². The summed E-state index contributed by atoms with van der Waals surface area (Å²) in [5.74, 6) is 0. The lowest BCUT2D eigenvalue weighted by atomic mass is 10.0. The Hall–Kier alpha value is -1.96. The summed E-state index contributed by atoms with van der Waals surface area (Å²) in [4.78, 5) is 0. The Morgan fingerprint density at radius 1 is 0.833 bits per heavy atom. The van der Waals surface area contributed by atoms with Crippen LogP contribution in [0.5, 0.6) is 0 Å². The molecule has 0 heterocycles. The number of nitrogen functional groups attached to an aromatic ring is 1. The van der Waals surface area contributed by atoms with Gasteiger partial charge in [-0.3, -0.25) is 0 Å². The Bertz CT molecular complexity index is 563. The van der Waals surface area contributed by atoms with Gasteiger partial charge in [-0.15, -0.1) is 0 Å². The zero-order valence-corrected chi connectivity index (χ0v) is 11.5. The fourth-order valence-electron chi connectivity index (χ4n) is 2.31.